The predicted octanol–water partition coefficient (Wildman–Crippen LogP) is 3.22. The molecule has 0 unspecified atom stereocenters. The Labute approximate surface area is 174 Å². The molecule has 4 atom stereocenters. The Hall–Kier alpha value is -3.19. The maximum atomic E-state index is 11.8. The standard InChI is InChI=1S/C23H24O7/c1-14(24)28-20-13-27-21(23(30-16(3)26)22(20)29-15(2)25)19-11-9-18(10-12-19)17-7-5-4-6-8-17/h4-12,20-23H,13H2,1-3H3/t20-,21+,22-,23+/m1/s1. The quantitative estimate of drug-likeness (QED) is 0.550. The van der Waals surface area contributed by atoms with Crippen molar-refractivity contribution in [2.45, 2.75) is 45.2 Å². The van der Waals surface area contributed by atoms with Gasteiger partial charge in [-0.3, -0.25) is 14.4 Å². The number of carbonyl (C=O) groups excluding carboxylic acids is 3. The molecule has 158 valence electrons. The van der Waals surface area contributed by atoms with Crippen LogP contribution in [0, 0.1) is 0 Å². The molecular formula is C23H24O7. The Bertz CT molecular complexity index is 892. The van der Waals surface area contributed by atoms with Crippen molar-refractivity contribution >= 4 is 17.9 Å². The highest BCUT2D eigenvalue weighted by Gasteiger charge is 2.47. The number of rotatable bonds is 5. The van der Waals surface area contributed by atoms with E-state index in [2.05, 4.69) is 0 Å². The smallest absolute Gasteiger partial charge is 0.303 e. The summed E-state index contributed by atoms with van der Waals surface area (Å²) >= 11 is 0. The summed E-state index contributed by atoms with van der Waals surface area (Å²) in [6.45, 7) is 3.76. The molecule has 0 aliphatic carbocycles. The van der Waals surface area contributed by atoms with Crippen molar-refractivity contribution in [2.24, 2.45) is 0 Å². The zero-order chi connectivity index (χ0) is 21.7. The van der Waals surface area contributed by atoms with E-state index in [1.54, 1.807) is 0 Å². The molecule has 2 aromatic rings. The van der Waals surface area contributed by atoms with Crippen LogP contribution in [-0.4, -0.2) is 42.8 Å². The lowest BCUT2D eigenvalue weighted by molar-refractivity contribution is -0.227. The fourth-order valence-corrected chi connectivity index (χ4v) is 3.52. The Morgan fingerprint density at radius 1 is 0.733 bits per heavy atom. The lowest BCUT2D eigenvalue weighted by Gasteiger charge is -2.40. The van der Waals surface area contributed by atoms with Gasteiger partial charge in [-0.2, -0.15) is 0 Å². The number of hydrogen-bond acceptors (Lipinski definition) is 7. The molecule has 1 saturated heterocycles. The van der Waals surface area contributed by atoms with Crippen LogP contribution in [0.3, 0.4) is 0 Å². The fraction of sp³-hybridized carbons (Fsp3) is 0.348. The van der Waals surface area contributed by atoms with Crippen LogP contribution in [0.1, 0.15) is 32.4 Å². The van der Waals surface area contributed by atoms with Crippen molar-refractivity contribution in [2.75, 3.05) is 6.61 Å². The highest BCUT2D eigenvalue weighted by Crippen LogP contribution is 2.35. The Morgan fingerprint density at radius 3 is 1.83 bits per heavy atom. The van der Waals surface area contributed by atoms with E-state index in [0.29, 0.717) is 0 Å². The summed E-state index contributed by atoms with van der Waals surface area (Å²) in [5, 5.41) is 0. The molecule has 7 heteroatoms. The number of benzene rings is 2. The van der Waals surface area contributed by atoms with Gasteiger partial charge in [-0.1, -0.05) is 54.6 Å². The summed E-state index contributed by atoms with van der Waals surface area (Å²) in [7, 11) is 0. The van der Waals surface area contributed by atoms with E-state index in [4.69, 9.17) is 18.9 Å². The lowest BCUT2D eigenvalue weighted by Crippen LogP contribution is -2.54. The second-order valence-corrected chi connectivity index (χ2v) is 7.04. The van der Waals surface area contributed by atoms with E-state index in [0.717, 1.165) is 16.7 Å². The molecule has 0 radical (unpaired) electrons. The van der Waals surface area contributed by atoms with Crippen LogP contribution in [0.15, 0.2) is 54.6 Å². The summed E-state index contributed by atoms with van der Waals surface area (Å²) in [5.74, 6) is -1.68. The second-order valence-electron chi connectivity index (χ2n) is 7.04. The topological polar surface area (TPSA) is 88.1 Å². The van der Waals surface area contributed by atoms with Crippen molar-refractivity contribution in [1.82, 2.24) is 0 Å². The van der Waals surface area contributed by atoms with E-state index in [9.17, 15) is 14.4 Å². The fourth-order valence-electron chi connectivity index (χ4n) is 3.52. The minimum atomic E-state index is -0.983. The van der Waals surface area contributed by atoms with Gasteiger partial charge in [0.25, 0.3) is 0 Å². The Balaban J connectivity index is 1.90. The van der Waals surface area contributed by atoms with Crippen LogP contribution in [0.4, 0.5) is 0 Å². The molecule has 0 aromatic heterocycles. The second kappa shape index (κ2) is 9.54. The van der Waals surface area contributed by atoms with Crippen LogP contribution < -0.4 is 0 Å². The zero-order valence-electron chi connectivity index (χ0n) is 17.1. The predicted molar refractivity (Wildman–Crippen MR) is 107 cm³/mol. The molecule has 1 fully saturated rings. The van der Waals surface area contributed by atoms with E-state index >= 15 is 0 Å². The summed E-state index contributed by atoms with van der Waals surface area (Å²) in [6, 6.07) is 17.5. The molecule has 0 saturated carbocycles. The van der Waals surface area contributed by atoms with Gasteiger partial charge in [0.15, 0.2) is 18.3 Å². The number of ether oxygens (including phenoxy) is 4. The molecule has 0 N–H and O–H groups in total. The summed E-state index contributed by atoms with van der Waals surface area (Å²) in [4.78, 5) is 34.9. The number of hydrogen-bond donors (Lipinski definition) is 0. The van der Waals surface area contributed by atoms with E-state index in [1.165, 1.54) is 20.8 Å². The number of carbonyl (C=O) groups is 3. The first-order valence-electron chi connectivity index (χ1n) is 9.64. The van der Waals surface area contributed by atoms with Crippen molar-refractivity contribution in [3.05, 3.63) is 60.2 Å². The van der Waals surface area contributed by atoms with Gasteiger partial charge in [-0.15, -0.1) is 0 Å². The first-order chi connectivity index (χ1) is 14.3. The highest BCUT2D eigenvalue weighted by molar-refractivity contribution is 5.68. The molecule has 1 aliphatic rings. The van der Waals surface area contributed by atoms with E-state index in [-0.39, 0.29) is 6.61 Å². The van der Waals surface area contributed by atoms with Crippen molar-refractivity contribution in [1.29, 1.82) is 0 Å². The molecule has 0 spiro atoms. The van der Waals surface area contributed by atoms with Crippen LogP contribution in [0.2, 0.25) is 0 Å². The molecular weight excluding hydrogens is 388 g/mol. The van der Waals surface area contributed by atoms with Crippen molar-refractivity contribution in [3.63, 3.8) is 0 Å². The maximum absolute atomic E-state index is 11.8. The molecule has 2 aromatic carbocycles. The summed E-state index contributed by atoms with van der Waals surface area (Å²) in [6.07, 6.45) is -3.51. The Morgan fingerprint density at radius 2 is 1.27 bits per heavy atom. The van der Waals surface area contributed by atoms with Gasteiger partial charge in [0.2, 0.25) is 0 Å². The highest BCUT2D eigenvalue weighted by atomic mass is 16.6. The molecule has 3 rings (SSSR count). The average Bonchev–Trinajstić information content (AvgIpc) is 2.70. The van der Waals surface area contributed by atoms with E-state index in [1.807, 2.05) is 54.6 Å². The largest absolute Gasteiger partial charge is 0.456 e. The third kappa shape index (κ3) is 5.24. The van der Waals surface area contributed by atoms with Gasteiger partial charge in [0.05, 0.1) is 6.61 Å². The average molecular weight is 412 g/mol. The van der Waals surface area contributed by atoms with Crippen LogP contribution >= 0.6 is 0 Å². The molecule has 0 amide bonds. The molecule has 1 aliphatic heterocycles. The Kier molecular flexibility index (Phi) is 6.84. The van der Waals surface area contributed by atoms with Gasteiger partial charge in [0.1, 0.15) is 6.10 Å². The van der Waals surface area contributed by atoms with E-state index < -0.39 is 42.3 Å². The monoisotopic (exact) mass is 412 g/mol. The normalized spacial score (nSPS) is 23.3. The maximum Gasteiger partial charge on any atom is 0.303 e. The van der Waals surface area contributed by atoms with Gasteiger partial charge in [-0.25, -0.2) is 0 Å². The minimum absolute atomic E-state index is 0.000392. The number of esters is 3. The van der Waals surface area contributed by atoms with Crippen molar-refractivity contribution in [3.8, 4) is 11.1 Å². The zero-order valence-corrected chi connectivity index (χ0v) is 17.1. The summed E-state index contributed by atoms with van der Waals surface area (Å²) < 4.78 is 22.0. The third-order valence-electron chi connectivity index (χ3n) is 4.70. The van der Waals surface area contributed by atoms with Crippen LogP contribution in [0.5, 0.6) is 0 Å². The molecule has 0 bridgehead atoms. The van der Waals surface area contributed by atoms with Gasteiger partial charge < -0.3 is 18.9 Å². The first-order valence-corrected chi connectivity index (χ1v) is 9.64. The minimum Gasteiger partial charge on any atom is -0.456 e. The summed E-state index contributed by atoms with van der Waals surface area (Å²) in [5.41, 5.74) is 2.84. The van der Waals surface area contributed by atoms with Gasteiger partial charge in [0, 0.05) is 20.8 Å². The molecule has 7 nitrogen and oxygen atoms in total. The van der Waals surface area contributed by atoms with Gasteiger partial charge in [-0.05, 0) is 16.7 Å². The lowest BCUT2D eigenvalue weighted by atomic mass is 9.92. The van der Waals surface area contributed by atoms with Crippen LogP contribution in [0.25, 0.3) is 11.1 Å². The first kappa shape index (κ1) is 21.5. The van der Waals surface area contributed by atoms with Crippen LogP contribution in [-0.2, 0) is 33.3 Å². The van der Waals surface area contributed by atoms with Gasteiger partial charge >= 0.3 is 17.9 Å². The van der Waals surface area contributed by atoms with Crippen molar-refractivity contribution < 1.29 is 33.3 Å². The SMILES string of the molecule is CC(=O)O[C@@H]1[C@H](OC(C)=O)[C@H](OC(C)=O)CO[C@H]1c1ccc(-c2ccccc2)cc1. The third-order valence-corrected chi connectivity index (χ3v) is 4.70. The molecule has 30 heavy (non-hydrogen) atoms. The molecule has 1 heterocycles.